The summed E-state index contributed by atoms with van der Waals surface area (Å²) in [5.41, 5.74) is 0.130. The average Bonchev–Trinajstić information content (AvgIpc) is 2.32. The third-order valence-electron chi connectivity index (χ3n) is 3.23. The molecular weight excluding hydrogens is 152 g/mol. The number of carboxylic acids is 1. The number of hydrogen-bond donors (Lipinski definition) is 1. The van der Waals surface area contributed by atoms with Gasteiger partial charge in [0, 0.05) is 0 Å². The topological polar surface area (TPSA) is 37.3 Å². The van der Waals surface area contributed by atoms with Gasteiger partial charge in [0.2, 0.25) is 0 Å². The Labute approximate surface area is 74.0 Å². The lowest BCUT2D eigenvalue weighted by atomic mass is 9.79. The van der Waals surface area contributed by atoms with Crippen LogP contribution in [0.5, 0.6) is 0 Å². The maximum atomic E-state index is 10.6. The fourth-order valence-electron chi connectivity index (χ4n) is 2.42. The van der Waals surface area contributed by atoms with Crippen LogP contribution in [0.25, 0.3) is 0 Å². The highest BCUT2D eigenvalue weighted by Crippen LogP contribution is 2.46. The van der Waals surface area contributed by atoms with Crippen LogP contribution in [0.2, 0.25) is 0 Å². The van der Waals surface area contributed by atoms with Gasteiger partial charge in [-0.2, -0.15) is 0 Å². The molecule has 0 radical (unpaired) electrons. The van der Waals surface area contributed by atoms with Gasteiger partial charge in [0.25, 0.3) is 0 Å². The molecule has 0 spiro atoms. The van der Waals surface area contributed by atoms with Gasteiger partial charge in [0.1, 0.15) is 0 Å². The van der Waals surface area contributed by atoms with Crippen LogP contribution in [0.3, 0.4) is 0 Å². The maximum absolute atomic E-state index is 10.6. The predicted molar refractivity (Wildman–Crippen MR) is 48.0 cm³/mol. The summed E-state index contributed by atoms with van der Waals surface area (Å²) in [6.45, 7) is 4.33. The molecule has 2 atom stereocenters. The molecule has 1 N–H and O–H groups in total. The van der Waals surface area contributed by atoms with Crippen molar-refractivity contribution in [3.63, 3.8) is 0 Å². The summed E-state index contributed by atoms with van der Waals surface area (Å²) in [6.07, 6.45) is 4.81. The maximum Gasteiger partial charge on any atom is 0.303 e. The Morgan fingerprint density at radius 2 is 2.33 bits per heavy atom. The molecule has 1 rings (SSSR count). The lowest BCUT2D eigenvalue weighted by Crippen LogP contribution is -2.20. The Morgan fingerprint density at radius 3 is 2.67 bits per heavy atom. The van der Waals surface area contributed by atoms with Crippen LogP contribution in [-0.2, 0) is 4.79 Å². The van der Waals surface area contributed by atoms with Gasteiger partial charge in [-0.15, -0.1) is 0 Å². The second-order valence-electron chi connectivity index (χ2n) is 4.27. The van der Waals surface area contributed by atoms with E-state index in [2.05, 4.69) is 13.8 Å². The number of carboxylic acid groups (broad SMARTS) is 1. The molecule has 1 saturated carbocycles. The van der Waals surface area contributed by atoms with E-state index < -0.39 is 5.97 Å². The van der Waals surface area contributed by atoms with Gasteiger partial charge in [0.15, 0.2) is 0 Å². The Kier molecular flexibility index (Phi) is 2.76. The molecule has 0 unspecified atom stereocenters. The highest BCUT2D eigenvalue weighted by Gasteiger charge is 2.37. The van der Waals surface area contributed by atoms with Crippen molar-refractivity contribution in [2.75, 3.05) is 0 Å². The van der Waals surface area contributed by atoms with Crippen molar-refractivity contribution in [2.24, 2.45) is 11.3 Å². The van der Waals surface area contributed by atoms with Crippen molar-refractivity contribution < 1.29 is 9.90 Å². The molecule has 0 saturated heterocycles. The van der Waals surface area contributed by atoms with Gasteiger partial charge in [-0.05, 0) is 30.6 Å². The van der Waals surface area contributed by atoms with Crippen molar-refractivity contribution in [1.29, 1.82) is 0 Å². The van der Waals surface area contributed by atoms with E-state index >= 15 is 0 Å². The van der Waals surface area contributed by atoms with Gasteiger partial charge in [0.05, 0.1) is 6.42 Å². The van der Waals surface area contributed by atoms with E-state index in [1.807, 2.05) is 0 Å². The van der Waals surface area contributed by atoms with Gasteiger partial charge in [-0.3, -0.25) is 4.79 Å². The van der Waals surface area contributed by atoms with E-state index in [9.17, 15) is 4.79 Å². The summed E-state index contributed by atoms with van der Waals surface area (Å²) in [5.74, 6) is 0.0928. The largest absolute Gasteiger partial charge is 0.481 e. The standard InChI is InChI=1S/C10H18O2/c1-3-10(7-9(11)12)5-4-8(2)6-10/h8H,3-7H2,1-2H3,(H,11,12)/t8-,10-/m1/s1. The van der Waals surface area contributed by atoms with Crippen LogP contribution in [-0.4, -0.2) is 11.1 Å². The number of aliphatic carboxylic acids is 1. The van der Waals surface area contributed by atoms with Gasteiger partial charge in [-0.25, -0.2) is 0 Å². The second kappa shape index (κ2) is 3.46. The molecule has 0 amide bonds. The fraction of sp³-hybridized carbons (Fsp3) is 0.900. The minimum Gasteiger partial charge on any atom is -0.481 e. The first kappa shape index (κ1) is 9.56. The SMILES string of the molecule is CC[C@@]1(CC(=O)O)CC[C@@H](C)C1. The highest BCUT2D eigenvalue weighted by atomic mass is 16.4. The van der Waals surface area contributed by atoms with Crippen LogP contribution in [0.1, 0.15) is 46.0 Å². The third-order valence-corrected chi connectivity index (χ3v) is 3.23. The van der Waals surface area contributed by atoms with Crippen LogP contribution in [0.15, 0.2) is 0 Å². The Morgan fingerprint density at radius 1 is 1.67 bits per heavy atom. The van der Waals surface area contributed by atoms with Crippen LogP contribution < -0.4 is 0 Å². The molecule has 0 aromatic heterocycles. The number of carbonyl (C=O) groups is 1. The number of rotatable bonds is 3. The van der Waals surface area contributed by atoms with Crippen LogP contribution in [0.4, 0.5) is 0 Å². The molecule has 0 aromatic rings. The summed E-state index contributed by atoms with van der Waals surface area (Å²) in [6, 6.07) is 0. The Hall–Kier alpha value is -0.530. The van der Waals surface area contributed by atoms with Crippen LogP contribution >= 0.6 is 0 Å². The van der Waals surface area contributed by atoms with Crippen molar-refractivity contribution in [2.45, 2.75) is 46.0 Å². The van der Waals surface area contributed by atoms with Crippen LogP contribution in [0, 0.1) is 11.3 Å². The molecule has 2 heteroatoms. The normalized spacial score (nSPS) is 35.3. The molecule has 1 aliphatic rings. The van der Waals surface area contributed by atoms with Gasteiger partial charge >= 0.3 is 5.97 Å². The van der Waals surface area contributed by atoms with Gasteiger partial charge < -0.3 is 5.11 Å². The molecule has 12 heavy (non-hydrogen) atoms. The van der Waals surface area contributed by atoms with Crippen molar-refractivity contribution in [3.05, 3.63) is 0 Å². The first-order valence-corrected chi connectivity index (χ1v) is 4.80. The lowest BCUT2D eigenvalue weighted by Gasteiger charge is -2.25. The Bertz CT molecular complexity index is 177. The average molecular weight is 170 g/mol. The van der Waals surface area contributed by atoms with E-state index in [4.69, 9.17) is 5.11 Å². The molecule has 0 aliphatic heterocycles. The molecule has 0 aromatic carbocycles. The summed E-state index contributed by atoms with van der Waals surface area (Å²) in [7, 11) is 0. The van der Waals surface area contributed by atoms with E-state index in [0.29, 0.717) is 6.42 Å². The molecular formula is C10H18O2. The number of hydrogen-bond acceptors (Lipinski definition) is 1. The van der Waals surface area contributed by atoms with E-state index in [-0.39, 0.29) is 5.41 Å². The molecule has 0 heterocycles. The molecule has 2 nitrogen and oxygen atoms in total. The zero-order valence-corrected chi connectivity index (χ0v) is 7.97. The summed E-state index contributed by atoms with van der Waals surface area (Å²) >= 11 is 0. The smallest absolute Gasteiger partial charge is 0.303 e. The molecule has 1 fully saturated rings. The van der Waals surface area contributed by atoms with Crippen molar-refractivity contribution in [3.8, 4) is 0 Å². The van der Waals surface area contributed by atoms with Crippen molar-refractivity contribution >= 4 is 5.97 Å². The second-order valence-corrected chi connectivity index (χ2v) is 4.27. The van der Waals surface area contributed by atoms with E-state index in [0.717, 1.165) is 25.2 Å². The molecule has 70 valence electrons. The van der Waals surface area contributed by atoms with Gasteiger partial charge in [-0.1, -0.05) is 20.3 Å². The Balaban J connectivity index is 2.58. The predicted octanol–water partition coefficient (Wildman–Crippen LogP) is 2.68. The highest BCUT2D eigenvalue weighted by molar-refractivity contribution is 5.67. The monoisotopic (exact) mass is 170 g/mol. The first-order valence-electron chi connectivity index (χ1n) is 4.80. The minimum atomic E-state index is -0.633. The van der Waals surface area contributed by atoms with E-state index in [1.165, 1.54) is 6.42 Å². The summed E-state index contributed by atoms with van der Waals surface area (Å²) < 4.78 is 0. The molecule has 1 aliphatic carbocycles. The van der Waals surface area contributed by atoms with E-state index in [1.54, 1.807) is 0 Å². The fourth-order valence-corrected chi connectivity index (χ4v) is 2.42. The summed E-state index contributed by atoms with van der Waals surface area (Å²) in [5, 5.41) is 8.76. The minimum absolute atomic E-state index is 0.130. The zero-order valence-electron chi connectivity index (χ0n) is 7.97. The molecule has 0 bridgehead atoms. The third kappa shape index (κ3) is 1.99. The first-order chi connectivity index (χ1) is 5.58. The lowest BCUT2D eigenvalue weighted by molar-refractivity contribution is -0.139. The van der Waals surface area contributed by atoms with Crippen molar-refractivity contribution in [1.82, 2.24) is 0 Å². The quantitative estimate of drug-likeness (QED) is 0.707. The summed E-state index contributed by atoms with van der Waals surface area (Å²) in [4.78, 5) is 10.6. The zero-order chi connectivity index (χ0) is 9.19.